The van der Waals surface area contributed by atoms with E-state index in [2.05, 4.69) is 16.8 Å². The van der Waals surface area contributed by atoms with Gasteiger partial charge in [0.2, 0.25) is 15.9 Å². The summed E-state index contributed by atoms with van der Waals surface area (Å²) >= 11 is 0. The van der Waals surface area contributed by atoms with Crippen molar-refractivity contribution in [1.29, 1.82) is 0 Å². The summed E-state index contributed by atoms with van der Waals surface area (Å²) in [7, 11) is -3.89. The summed E-state index contributed by atoms with van der Waals surface area (Å²) in [6, 6.07) is 8.86. The van der Waals surface area contributed by atoms with Gasteiger partial charge in [-0.05, 0) is 32.3 Å². The summed E-state index contributed by atoms with van der Waals surface area (Å²) in [5.74, 6) is 0.286. The molecule has 0 spiro atoms. The molecule has 2 heterocycles. The fourth-order valence-electron chi connectivity index (χ4n) is 3.53. The van der Waals surface area contributed by atoms with E-state index in [0.717, 1.165) is 5.56 Å². The third-order valence-electron chi connectivity index (χ3n) is 4.72. The number of likely N-dealkylation sites (tertiary alicyclic amines) is 1. The first kappa shape index (κ1) is 18.6. The molecule has 8 heteroatoms. The van der Waals surface area contributed by atoms with Gasteiger partial charge >= 0.3 is 0 Å². The molecule has 1 aromatic heterocycles. The second kappa shape index (κ2) is 6.85. The topological polar surface area (TPSA) is 92.5 Å². The van der Waals surface area contributed by atoms with Crippen LogP contribution in [0.2, 0.25) is 0 Å². The van der Waals surface area contributed by atoms with Crippen LogP contribution in [0.4, 0.5) is 0 Å². The number of benzene rings is 1. The lowest BCUT2D eigenvalue weighted by atomic mass is 9.84. The molecule has 26 heavy (non-hydrogen) atoms. The van der Waals surface area contributed by atoms with Crippen LogP contribution in [0.25, 0.3) is 0 Å². The van der Waals surface area contributed by atoms with E-state index < -0.39 is 16.1 Å². The van der Waals surface area contributed by atoms with Crippen molar-refractivity contribution in [3.05, 3.63) is 47.3 Å². The minimum absolute atomic E-state index is 0.00580. The minimum Gasteiger partial charge on any atom is -0.360 e. The Labute approximate surface area is 153 Å². The van der Waals surface area contributed by atoms with E-state index in [9.17, 15) is 13.2 Å². The number of carbonyl (C=O) groups is 1. The minimum atomic E-state index is -3.89. The second-order valence-corrected chi connectivity index (χ2v) is 8.47. The van der Waals surface area contributed by atoms with Crippen molar-refractivity contribution in [3.63, 3.8) is 0 Å². The highest BCUT2D eigenvalue weighted by molar-refractivity contribution is 7.89. The van der Waals surface area contributed by atoms with Crippen LogP contribution in [-0.4, -0.2) is 37.0 Å². The molecule has 140 valence electrons. The Bertz CT molecular complexity index is 888. The van der Waals surface area contributed by atoms with Crippen LogP contribution in [0, 0.1) is 19.8 Å². The zero-order chi connectivity index (χ0) is 19.1. The highest BCUT2D eigenvalue weighted by Crippen LogP contribution is 2.38. The van der Waals surface area contributed by atoms with Crippen LogP contribution in [0.1, 0.15) is 36.9 Å². The summed E-state index contributed by atoms with van der Waals surface area (Å²) in [5.41, 5.74) is 1.33. The third-order valence-corrected chi connectivity index (χ3v) is 6.51. The number of carbonyl (C=O) groups excluding carboxylic acids is 1. The molecule has 1 aliphatic rings. The number of sulfonamides is 1. The van der Waals surface area contributed by atoms with E-state index in [4.69, 9.17) is 4.52 Å². The second-order valence-electron chi connectivity index (χ2n) is 6.82. The van der Waals surface area contributed by atoms with Crippen LogP contribution < -0.4 is 4.72 Å². The van der Waals surface area contributed by atoms with Gasteiger partial charge in [0, 0.05) is 6.54 Å². The SMILES string of the molecule is Cc1noc(C)c1S(=O)(=O)N[C@@H](C)C(=O)N1C[C@H](C)[C@H]1c1ccccc1. The van der Waals surface area contributed by atoms with Crippen LogP contribution >= 0.6 is 0 Å². The Hall–Kier alpha value is -2.19. The predicted octanol–water partition coefficient (Wildman–Crippen LogP) is 2.18. The van der Waals surface area contributed by atoms with Crippen molar-refractivity contribution in [2.75, 3.05) is 6.54 Å². The van der Waals surface area contributed by atoms with Crippen LogP contribution in [0.5, 0.6) is 0 Å². The van der Waals surface area contributed by atoms with Gasteiger partial charge in [0.05, 0.1) is 12.1 Å². The highest BCUT2D eigenvalue weighted by atomic mass is 32.2. The van der Waals surface area contributed by atoms with Gasteiger partial charge in [-0.3, -0.25) is 4.79 Å². The first-order chi connectivity index (χ1) is 12.2. The molecular formula is C18H23N3O4S. The maximum absolute atomic E-state index is 12.8. The normalized spacial score (nSPS) is 21.3. The number of hydrogen-bond donors (Lipinski definition) is 1. The van der Waals surface area contributed by atoms with Gasteiger partial charge in [0.1, 0.15) is 10.6 Å². The van der Waals surface area contributed by atoms with E-state index in [1.165, 1.54) is 6.92 Å². The van der Waals surface area contributed by atoms with Crippen molar-refractivity contribution >= 4 is 15.9 Å². The van der Waals surface area contributed by atoms with Crippen molar-refractivity contribution in [2.24, 2.45) is 5.92 Å². The average Bonchev–Trinajstić information content (AvgIpc) is 2.91. The van der Waals surface area contributed by atoms with Crippen molar-refractivity contribution in [3.8, 4) is 0 Å². The smallest absolute Gasteiger partial charge is 0.246 e. The van der Waals surface area contributed by atoms with Crippen molar-refractivity contribution in [2.45, 2.75) is 44.7 Å². The Morgan fingerprint density at radius 1 is 1.31 bits per heavy atom. The molecule has 1 aromatic carbocycles. The highest BCUT2D eigenvalue weighted by Gasteiger charge is 2.42. The molecule has 1 saturated heterocycles. The Morgan fingerprint density at radius 2 is 1.96 bits per heavy atom. The maximum Gasteiger partial charge on any atom is 0.246 e. The standard InChI is InChI=1S/C18H23N3O4S/c1-11-10-21(16(11)15-8-6-5-7-9-15)18(22)13(3)20-26(23,24)17-12(2)19-25-14(17)4/h5-9,11,13,16,20H,10H2,1-4H3/t11-,13-,16-/m0/s1. The zero-order valence-electron chi connectivity index (χ0n) is 15.3. The number of hydrogen-bond acceptors (Lipinski definition) is 5. The summed E-state index contributed by atoms with van der Waals surface area (Å²) in [5, 5.41) is 3.67. The lowest BCUT2D eigenvalue weighted by Gasteiger charge is -2.48. The van der Waals surface area contributed by atoms with Crippen LogP contribution in [-0.2, 0) is 14.8 Å². The fraction of sp³-hybridized carbons (Fsp3) is 0.444. The van der Waals surface area contributed by atoms with Gasteiger partial charge in [-0.25, -0.2) is 8.42 Å². The van der Waals surface area contributed by atoms with Gasteiger partial charge in [-0.2, -0.15) is 4.72 Å². The van der Waals surface area contributed by atoms with Crippen LogP contribution in [0.3, 0.4) is 0 Å². The van der Waals surface area contributed by atoms with Gasteiger partial charge < -0.3 is 9.42 Å². The first-order valence-corrected chi connectivity index (χ1v) is 10.0. The largest absolute Gasteiger partial charge is 0.360 e. The fourth-order valence-corrected chi connectivity index (χ4v) is 5.05. The van der Waals surface area contributed by atoms with E-state index in [1.54, 1.807) is 18.7 Å². The summed E-state index contributed by atoms with van der Waals surface area (Å²) < 4.78 is 32.6. The number of nitrogens with zero attached hydrogens (tertiary/aromatic N) is 2. The average molecular weight is 377 g/mol. The van der Waals surface area contributed by atoms with E-state index in [-0.39, 0.29) is 28.3 Å². The molecule has 7 nitrogen and oxygen atoms in total. The molecule has 0 bridgehead atoms. The van der Waals surface area contributed by atoms with Gasteiger partial charge in [0.15, 0.2) is 5.76 Å². The zero-order valence-corrected chi connectivity index (χ0v) is 16.1. The van der Waals surface area contributed by atoms with Crippen LogP contribution in [0.15, 0.2) is 39.8 Å². The summed E-state index contributed by atoms with van der Waals surface area (Å²) in [4.78, 5) is 14.5. The van der Waals surface area contributed by atoms with E-state index in [0.29, 0.717) is 12.5 Å². The summed E-state index contributed by atoms with van der Waals surface area (Å²) in [6.45, 7) is 7.34. The van der Waals surface area contributed by atoms with Gasteiger partial charge in [-0.1, -0.05) is 42.4 Å². The molecule has 0 radical (unpaired) electrons. The number of aryl methyl sites for hydroxylation is 2. The number of aromatic nitrogens is 1. The van der Waals surface area contributed by atoms with E-state index >= 15 is 0 Å². The maximum atomic E-state index is 12.8. The third kappa shape index (κ3) is 3.26. The molecule has 1 aliphatic heterocycles. The van der Waals surface area contributed by atoms with Gasteiger partial charge in [-0.15, -0.1) is 0 Å². The number of amides is 1. The van der Waals surface area contributed by atoms with Crippen molar-refractivity contribution < 1.29 is 17.7 Å². The molecule has 1 amide bonds. The lowest BCUT2D eigenvalue weighted by molar-refractivity contribution is -0.145. The molecular weight excluding hydrogens is 354 g/mol. The molecule has 1 N–H and O–H groups in total. The predicted molar refractivity (Wildman–Crippen MR) is 95.8 cm³/mol. The Balaban J connectivity index is 1.76. The quantitative estimate of drug-likeness (QED) is 0.862. The Morgan fingerprint density at radius 3 is 2.50 bits per heavy atom. The molecule has 3 atom stereocenters. The molecule has 0 aliphatic carbocycles. The molecule has 1 fully saturated rings. The monoisotopic (exact) mass is 377 g/mol. The number of nitrogens with one attached hydrogen (secondary N) is 1. The lowest BCUT2D eigenvalue weighted by Crippen LogP contribution is -2.57. The van der Waals surface area contributed by atoms with Gasteiger partial charge in [0.25, 0.3) is 0 Å². The van der Waals surface area contributed by atoms with Crippen molar-refractivity contribution in [1.82, 2.24) is 14.8 Å². The molecule has 0 saturated carbocycles. The van der Waals surface area contributed by atoms with E-state index in [1.807, 2.05) is 30.3 Å². The summed E-state index contributed by atoms with van der Waals surface area (Å²) in [6.07, 6.45) is 0. The first-order valence-electron chi connectivity index (χ1n) is 8.53. The molecule has 0 unspecified atom stereocenters. The Kier molecular flexibility index (Phi) is 4.90. The molecule has 3 rings (SSSR count). The molecule has 2 aromatic rings. The number of rotatable bonds is 5.